The van der Waals surface area contributed by atoms with Crippen LogP contribution >= 0.6 is 23.2 Å². The van der Waals surface area contributed by atoms with Crippen LogP contribution < -0.4 is 10.5 Å². The topological polar surface area (TPSA) is 60.0 Å². The lowest BCUT2D eigenvalue weighted by atomic mass is 10.2. The number of benzene rings is 2. The fraction of sp³-hybridized carbons (Fsp3) is 0.143. The lowest BCUT2D eigenvalue weighted by molar-refractivity contribution is 0.412. The zero-order valence-corrected chi connectivity index (χ0v) is 12.5. The van der Waals surface area contributed by atoms with Crippen LogP contribution in [0.1, 0.15) is 5.56 Å². The second kappa shape index (κ2) is 6.11. The predicted octanol–water partition coefficient (Wildman–Crippen LogP) is 5.31. The molecule has 2 rings (SSSR count). The number of azo groups is 1. The Hall–Kier alpha value is -1.78. The van der Waals surface area contributed by atoms with Crippen molar-refractivity contribution in [2.24, 2.45) is 10.2 Å². The molecule has 104 valence electrons. The number of aryl methyl sites for hydroxylation is 1. The monoisotopic (exact) mass is 309 g/mol. The molecule has 0 aliphatic rings. The highest BCUT2D eigenvalue weighted by atomic mass is 35.5. The highest BCUT2D eigenvalue weighted by Gasteiger charge is 2.05. The van der Waals surface area contributed by atoms with Crippen molar-refractivity contribution >= 4 is 40.3 Å². The highest BCUT2D eigenvalue weighted by molar-refractivity contribution is 6.35. The third kappa shape index (κ3) is 3.21. The molecule has 0 amide bonds. The zero-order chi connectivity index (χ0) is 14.7. The van der Waals surface area contributed by atoms with Gasteiger partial charge in [0.25, 0.3) is 0 Å². The van der Waals surface area contributed by atoms with Gasteiger partial charge in [0.15, 0.2) is 0 Å². The molecule has 0 aromatic heterocycles. The van der Waals surface area contributed by atoms with E-state index in [2.05, 4.69) is 10.2 Å². The maximum atomic E-state index is 6.02. The Morgan fingerprint density at radius 3 is 2.45 bits per heavy atom. The van der Waals surface area contributed by atoms with Gasteiger partial charge in [-0.1, -0.05) is 23.2 Å². The predicted molar refractivity (Wildman–Crippen MR) is 82.8 cm³/mol. The van der Waals surface area contributed by atoms with Crippen molar-refractivity contribution in [1.29, 1.82) is 0 Å². The van der Waals surface area contributed by atoms with Crippen LogP contribution in [0.25, 0.3) is 0 Å². The summed E-state index contributed by atoms with van der Waals surface area (Å²) in [5.74, 6) is 0.710. The third-order valence-electron chi connectivity index (χ3n) is 2.72. The van der Waals surface area contributed by atoms with Crippen molar-refractivity contribution in [3.05, 3.63) is 45.9 Å². The van der Waals surface area contributed by atoms with E-state index in [0.29, 0.717) is 32.9 Å². The van der Waals surface area contributed by atoms with Gasteiger partial charge in [-0.05, 0) is 36.8 Å². The molecular weight excluding hydrogens is 297 g/mol. The fourth-order valence-corrected chi connectivity index (χ4v) is 1.99. The first-order valence-corrected chi connectivity index (χ1v) is 6.57. The molecule has 0 fully saturated rings. The van der Waals surface area contributed by atoms with Gasteiger partial charge in [0.1, 0.15) is 17.1 Å². The Morgan fingerprint density at radius 2 is 1.75 bits per heavy atom. The molecule has 0 aliphatic heterocycles. The number of nitrogens with zero attached hydrogens (tertiary/aromatic N) is 2. The van der Waals surface area contributed by atoms with Gasteiger partial charge >= 0.3 is 0 Å². The van der Waals surface area contributed by atoms with Gasteiger partial charge in [0.05, 0.1) is 17.8 Å². The number of halogens is 2. The summed E-state index contributed by atoms with van der Waals surface area (Å²) < 4.78 is 5.19. The molecule has 4 nitrogen and oxygen atoms in total. The molecule has 6 heteroatoms. The summed E-state index contributed by atoms with van der Waals surface area (Å²) in [6.45, 7) is 1.91. The molecule has 0 aliphatic carbocycles. The summed E-state index contributed by atoms with van der Waals surface area (Å²) >= 11 is 11.9. The largest absolute Gasteiger partial charge is 0.496 e. The Kier molecular flexibility index (Phi) is 4.47. The minimum Gasteiger partial charge on any atom is -0.496 e. The van der Waals surface area contributed by atoms with Gasteiger partial charge in [-0.3, -0.25) is 0 Å². The number of rotatable bonds is 3. The maximum absolute atomic E-state index is 6.02. The molecule has 20 heavy (non-hydrogen) atoms. The fourth-order valence-electron chi connectivity index (χ4n) is 1.67. The summed E-state index contributed by atoms with van der Waals surface area (Å²) in [7, 11) is 1.59. The van der Waals surface area contributed by atoms with E-state index in [1.807, 2.05) is 6.92 Å². The summed E-state index contributed by atoms with van der Waals surface area (Å²) in [5, 5.41) is 9.22. The average Bonchev–Trinajstić information content (AvgIpc) is 2.42. The van der Waals surface area contributed by atoms with Crippen molar-refractivity contribution in [2.45, 2.75) is 6.92 Å². The van der Waals surface area contributed by atoms with Crippen LogP contribution in [-0.2, 0) is 0 Å². The van der Waals surface area contributed by atoms with E-state index in [4.69, 9.17) is 33.7 Å². The van der Waals surface area contributed by atoms with Gasteiger partial charge in [0.2, 0.25) is 0 Å². The first kappa shape index (κ1) is 14.6. The molecule has 0 bridgehead atoms. The summed E-state index contributed by atoms with van der Waals surface area (Å²) in [5.41, 5.74) is 8.36. The van der Waals surface area contributed by atoms with Crippen LogP contribution in [0.15, 0.2) is 40.6 Å². The van der Waals surface area contributed by atoms with Crippen molar-refractivity contribution in [2.75, 3.05) is 12.8 Å². The first-order valence-electron chi connectivity index (χ1n) is 5.82. The average molecular weight is 310 g/mol. The van der Waals surface area contributed by atoms with Crippen LogP contribution in [0.5, 0.6) is 5.75 Å². The lowest BCUT2D eigenvalue weighted by Gasteiger charge is -2.07. The number of ether oxygens (including phenoxy) is 1. The molecule has 0 unspecified atom stereocenters. The van der Waals surface area contributed by atoms with Crippen molar-refractivity contribution in [3.8, 4) is 5.75 Å². The number of hydrogen-bond donors (Lipinski definition) is 1. The first-order chi connectivity index (χ1) is 9.51. The molecule has 0 atom stereocenters. The summed E-state index contributed by atoms with van der Waals surface area (Å²) in [4.78, 5) is 0. The Labute approximate surface area is 127 Å². The quantitative estimate of drug-likeness (QED) is 0.617. The van der Waals surface area contributed by atoms with Crippen molar-refractivity contribution in [1.82, 2.24) is 0 Å². The van der Waals surface area contributed by atoms with E-state index < -0.39 is 0 Å². The van der Waals surface area contributed by atoms with Crippen molar-refractivity contribution in [3.63, 3.8) is 0 Å². The maximum Gasteiger partial charge on any atom is 0.123 e. The summed E-state index contributed by atoms with van der Waals surface area (Å²) in [6.07, 6.45) is 0. The van der Waals surface area contributed by atoms with E-state index in [1.54, 1.807) is 37.4 Å². The number of nitrogens with two attached hydrogens (primary N) is 1. The molecule has 2 aromatic rings. The molecule has 0 saturated carbocycles. The molecule has 2 aromatic carbocycles. The minimum atomic E-state index is 0.474. The molecule has 0 spiro atoms. The normalized spacial score (nSPS) is 11.0. The van der Waals surface area contributed by atoms with E-state index in [-0.39, 0.29) is 0 Å². The number of nitrogen functional groups attached to an aromatic ring is 1. The van der Waals surface area contributed by atoms with Gasteiger partial charge in [-0.25, -0.2) is 0 Å². The minimum absolute atomic E-state index is 0.474. The van der Waals surface area contributed by atoms with E-state index in [1.165, 1.54) is 0 Å². The molecular formula is C14H13Cl2N3O. The second-order valence-electron chi connectivity index (χ2n) is 4.18. The molecule has 0 saturated heterocycles. The van der Waals surface area contributed by atoms with Gasteiger partial charge < -0.3 is 10.5 Å². The number of anilines is 1. The van der Waals surface area contributed by atoms with E-state index in [0.717, 1.165) is 5.56 Å². The number of methoxy groups -OCH3 is 1. The van der Waals surface area contributed by atoms with Gasteiger partial charge in [-0.15, -0.1) is 10.2 Å². The zero-order valence-electron chi connectivity index (χ0n) is 11.0. The number of hydrogen-bond acceptors (Lipinski definition) is 4. The standard InChI is InChI=1S/C14H13Cl2N3O/c1-8-5-13(11(17)7-14(8)20-2)19-18-12-6-9(15)3-4-10(12)16/h3-7H,17H2,1-2H3. The van der Waals surface area contributed by atoms with Crippen molar-refractivity contribution < 1.29 is 4.74 Å². The smallest absolute Gasteiger partial charge is 0.123 e. The molecule has 0 radical (unpaired) electrons. The molecule has 0 heterocycles. The van der Waals surface area contributed by atoms with Crippen LogP contribution in [0.4, 0.5) is 17.1 Å². The van der Waals surface area contributed by atoms with Crippen LogP contribution in [0.2, 0.25) is 10.0 Å². The summed E-state index contributed by atoms with van der Waals surface area (Å²) in [6, 6.07) is 8.51. The lowest BCUT2D eigenvalue weighted by Crippen LogP contribution is -1.91. The SMILES string of the molecule is COc1cc(N)c(N=Nc2cc(Cl)ccc2Cl)cc1C. The Balaban J connectivity index is 2.36. The third-order valence-corrected chi connectivity index (χ3v) is 3.27. The van der Waals surface area contributed by atoms with Crippen LogP contribution in [-0.4, -0.2) is 7.11 Å². The van der Waals surface area contributed by atoms with Crippen LogP contribution in [0.3, 0.4) is 0 Å². The van der Waals surface area contributed by atoms with Crippen LogP contribution in [0, 0.1) is 6.92 Å². The Bertz CT molecular complexity index is 672. The van der Waals surface area contributed by atoms with E-state index >= 15 is 0 Å². The Morgan fingerprint density at radius 1 is 1.05 bits per heavy atom. The van der Waals surface area contributed by atoms with E-state index in [9.17, 15) is 0 Å². The second-order valence-corrected chi connectivity index (χ2v) is 5.02. The highest BCUT2D eigenvalue weighted by Crippen LogP contribution is 2.34. The molecule has 2 N–H and O–H groups in total. The van der Waals surface area contributed by atoms with Gasteiger partial charge in [-0.2, -0.15) is 0 Å². The van der Waals surface area contributed by atoms with Gasteiger partial charge in [0, 0.05) is 11.1 Å².